The molecule has 0 saturated carbocycles. The quantitative estimate of drug-likeness (QED) is 0.347. The van der Waals surface area contributed by atoms with Crippen molar-refractivity contribution in [3.8, 4) is 0 Å². The van der Waals surface area contributed by atoms with Gasteiger partial charge in [-0.25, -0.2) is 0 Å². The van der Waals surface area contributed by atoms with E-state index >= 15 is 0 Å². The van der Waals surface area contributed by atoms with Gasteiger partial charge in [-0.3, -0.25) is 9.11 Å². The van der Waals surface area contributed by atoms with Gasteiger partial charge in [-0.2, -0.15) is 8.42 Å². The van der Waals surface area contributed by atoms with Crippen LogP contribution in [0.2, 0.25) is 0 Å². The normalized spacial score (nSPS) is 15.6. The van der Waals surface area contributed by atoms with Gasteiger partial charge in [-0.05, 0) is 18.2 Å². The number of nitrogens with one attached hydrogen (secondary N) is 1. The minimum absolute atomic E-state index is 0.771. The molecule has 0 radical (unpaired) electrons. The van der Waals surface area contributed by atoms with E-state index in [0.717, 1.165) is 43.2 Å². The molecule has 0 aliphatic carbocycles. The molecule has 0 bridgehead atoms. The van der Waals surface area contributed by atoms with Crippen LogP contribution < -0.4 is 21.7 Å². The topological polar surface area (TPSA) is 142 Å². The molecule has 2 rings (SSSR count). The Morgan fingerprint density at radius 1 is 1.16 bits per heavy atom. The van der Waals surface area contributed by atoms with Gasteiger partial charge in [0.05, 0.1) is 11.4 Å². The van der Waals surface area contributed by atoms with E-state index in [2.05, 4.69) is 10.2 Å². The first-order valence-corrected chi connectivity index (χ1v) is 6.97. The first-order chi connectivity index (χ1) is 8.77. The summed E-state index contributed by atoms with van der Waals surface area (Å²) in [5, 5.41) is 3.30. The smallest absolute Gasteiger partial charge is 0.394 e. The first kappa shape index (κ1) is 15.5. The van der Waals surface area contributed by atoms with E-state index in [9.17, 15) is 0 Å². The summed E-state index contributed by atoms with van der Waals surface area (Å²) < 4.78 is 31.6. The predicted octanol–water partition coefficient (Wildman–Crippen LogP) is -0.392. The summed E-state index contributed by atoms with van der Waals surface area (Å²) >= 11 is 0. The number of piperazine rings is 1. The van der Waals surface area contributed by atoms with Crippen molar-refractivity contribution < 1.29 is 17.5 Å². The average Bonchev–Trinajstić information content (AvgIpc) is 2.31. The second-order valence-corrected chi connectivity index (χ2v) is 4.90. The fraction of sp³-hybridized carbons (Fsp3) is 0.400. The maximum absolute atomic E-state index is 8.74. The molecule has 1 aliphatic rings. The van der Waals surface area contributed by atoms with Crippen LogP contribution in [0.3, 0.4) is 0 Å². The van der Waals surface area contributed by atoms with E-state index in [1.807, 2.05) is 18.2 Å². The van der Waals surface area contributed by atoms with Gasteiger partial charge in [-0.1, -0.05) is 0 Å². The fourth-order valence-electron chi connectivity index (χ4n) is 1.74. The highest BCUT2D eigenvalue weighted by Gasteiger charge is 2.12. The third-order valence-corrected chi connectivity index (χ3v) is 2.51. The van der Waals surface area contributed by atoms with Crippen molar-refractivity contribution in [2.45, 2.75) is 0 Å². The monoisotopic (exact) mass is 290 g/mol. The highest BCUT2D eigenvalue weighted by molar-refractivity contribution is 7.79. The van der Waals surface area contributed by atoms with Crippen LogP contribution in [0.5, 0.6) is 0 Å². The third kappa shape index (κ3) is 6.25. The second-order valence-electron chi connectivity index (χ2n) is 4.00. The molecular formula is C10H18N4O4S. The minimum atomic E-state index is -4.67. The molecule has 1 fully saturated rings. The van der Waals surface area contributed by atoms with Crippen LogP contribution >= 0.6 is 0 Å². The molecule has 108 valence electrons. The number of nitrogens with zero attached hydrogens (tertiary/aromatic N) is 1. The Bertz CT molecular complexity index is 506. The van der Waals surface area contributed by atoms with Crippen molar-refractivity contribution in [2.75, 3.05) is 42.5 Å². The van der Waals surface area contributed by atoms with E-state index in [4.69, 9.17) is 29.0 Å². The maximum Gasteiger partial charge on any atom is 0.394 e. The number of hydrogen-bond donors (Lipinski definition) is 5. The molecule has 0 spiro atoms. The van der Waals surface area contributed by atoms with Crippen LogP contribution in [0, 0.1) is 0 Å². The average molecular weight is 290 g/mol. The molecule has 1 aromatic rings. The van der Waals surface area contributed by atoms with Gasteiger partial charge in [0.1, 0.15) is 0 Å². The van der Waals surface area contributed by atoms with Gasteiger partial charge in [0.15, 0.2) is 0 Å². The summed E-state index contributed by atoms with van der Waals surface area (Å²) in [6, 6.07) is 5.65. The van der Waals surface area contributed by atoms with Crippen molar-refractivity contribution in [1.82, 2.24) is 5.32 Å². The Kier molecular flexibility index (Phi) is 5.36. The number of rotatable bonds is 1. The minimum Gasteiger partial charge on any atom is -0.399 e. The Morgan fingerprint density at radius 2 is 1.68 bits per heavy atom. The summed E-state index contributed by atoms with van der Waals surface area (Å²) in [5.74, 6) is 0. The van der Waals surface area contributed by atoms with Gasteiger partial charge in [0.25, 0.3) is 0 Å². The van der Waals surface area contributed by atoms with E-state index in [-0.39, 0.29) is 0 Å². The van der Waals surface area contributed by atoms with Crippen LogP contribution in [0.25, 0.3) is 0 Å². The number of nitrogen functional groups attached to an aromatic ring is 2. The molecule has 1 saturated heterocycles. The highest BCUT2D eigenvalue weighted by Crippen LogP contribution is 2.25. The van der Waals surface area contributed by atoms with Crippen molar-refractivity contribution >= 4 is 27.5 Å². The summed E-state index contributed by atoms with van der Waals surface area (Å²) in [6.45, 7) is 4.00. The van der Waals surface area contributed by atoms with E-state index < -0.39 is 10.4 Å². The SMILES string of the molecule is Nc1ccc(N)c(N2CCNCC2)c1.O=S(=O)(O)O. The van der Waals surface area contributed by atoms with Crippen LogP contribution in [0.4, 0.5) is 17.1 Å². The Labute approximate surface area is 112 Å². The third-order valence-electron chi connectivity index (χ3n) is 2.51. The van der Waals surface area contributed by atoms with Crippen LogP contribution in [-0.2, 0) is 10.4 Å². The molecular weight excluding hydrogens is 272 g/mol. The second kappa shape index (κ2) is 6.57. The number of anilines is 3. The lowest BCUT2D eigenvalue weighted by atomic mass is 10.2. The Balaban J connectivity index is 0.000000312. The standard InChI is InChI=1S/C10H16N4.H2O4S/c11-8-1-2-9(12)10(7-8)14-5-3-13-4-6-14;1-5(2,3)4/h1-2,7,13H,3-6,11-12H2;(H2,1,2,3,4). The summed E-state index contributed by atoms with van der Waals surface area (Å²) in [6.07, 6.45) is 0. The van der Waals surface area contributed by atoms with Crippen molar-refractivity contribution in [2.24, 2.45) is 0 Å². The Morgan fingerprint density at radius 3 is 2.21 bits per heavy atom. The summed E-state index contributed by atoms with van der Waals surface area (Å²) in [5.41, 5.74) is 14.3. The van der Waals surface area contributed by atoms with E-state index in [0.29, 0.717) is 0 Å². The number of hydrogen-bond acceptors (Lipinski definition) is 6. The lowest BCUT2D eigenvalue weighted by Gasteiger charge is -2.30. The molecule has 0 atom stereocenters. The van der Waals surface area contributed by atoms with Crippen molar-refractivity contribution in [3.05, 3.63) is 18.2 Å². The zero-order valence-corrected chi connectivity index (χ0v) is 11.1. The van der Waals surface area contributed by atoms with Crippen LogP contribution in [0.15, 0.2) is 18.2 Å². The van der Waals surface area contributed by atoms with Gasteiger partial charge >= 0.3 is 10.4 Å². The first-order valence-electron chi connectivity index (χ1n) is 5.58. The molecule has 8 nitrogen and oxygen atoms in total. The fourth-order valence-corrected chi connectivity index (χ4v) is 1.74. The molecule has 0 amide bonds. The van der Waals surface area contributed by atoms with Gasteiger partial charge in [0.2, 0.25) is 0 Å². The molecule has 0 unspecified atom stereocenters. The number of nitrogens with two attached hydrogens (primary N) is 2. The summed E-state index contributed by atoms with van der Waals surface area (Å²) in [4.78, 5) is 2.27. The lowest BCUT2D eigenvalue weighted by Crippen LogP contribution is -2.43. The molecule has 0 aromatic heterocycles. The molecule has 1 aromatic carbocycles. The molecule has 1 heterocycles. The van der Waals surface area contributed by atoms with Gasteiger partial charge < -0.3 is 21.7 Å². The van der Waals surface area contributed by atoms with Gasteiger partial charge in [0, 0.05) is 31.9 Å². The molecule has 9 heteroatoms. The zero-order chi connectivity index (χ0) is 14.5. The van der Waals surface area contributed by atoms with Crippen LogP contribution in [-0.4, -0.2) is 43.7 Å². The molecule has 1 aliphatic heterocycles. The lowest BCUT2D eigenvalue weighted by molar-refractivity contribution is 0.381. The zero-order valence-electron chi connectivity index (χ0n) is 10.3. The van der Waals surface area contributed by atoms with Crippen molar-refractivity contribution in [3.63, 3.8) is 0 Å². The maximum atomic E-state index is 8.74. The van der Waals surface area contributed by atoms with E-state index in [1.54, 1.807) is 0 Å². The largest absolute Gasteiger partial charge is 0.399 e. The summed E-state index contributed by atoms with van der Waals surface area (Å²) in [7, 11) is -4.67. The van der Waals surface area contributed by atoms with Gasteiger partial charge in [-0.15, -0.1) is 0 Å². The molecule has 19 heavy (non-hydrogen) atoms. The predicted molar refractivity (Wildman–Crippen MR) is 74.5 cm³/mol. The Hall–Kier alpha value is -1.55. The van der Waals surface area contributed by atoms with Crippen LogP contribution in [0.1, 0.15) is 0 Å². The van der Waals surface area contributed by atoms with E-state index in [1.165, 1.54) is 0 Å². The number of benzene rings is 1. The highest BCUT2D eigenvalue weighted by atomic mass is 32.3. The molecule has 7 N–H and O–H groups in total. The van der Waals surface area contributed by atoms with Crippen molar-refractivity contribution in [1.29, 1.82) is 0 Å².